The molecule has 0 aromatic carbocycles. The molecule has 0 radical (unpaired) electrons. The third kappa shape index (κ3) is 2.38. The number of aliphatic imine (C=N–C) groups is 1. The first-order valence-electron chi connectivity index (χ1n) is 7.11. The lowest BCUT2D eigenvalue weighted by molar-refractivity contribution is 0.0641. The smallest absolute Gasteiger partial charge is 0.192 e. The standard InChI is InChI=1S/C15H23N3S/c1-14(2)6-4-7-15(10-14)11-17-13(16)18(15)9-12-5-3-8-19-12/h3,5,8H,4,6-7,9-11H2,1-2H3,(H2,16,17). The van der Waals surface area contributed by atoms with E-state index in [1.807, 2.05) is 0 Å². The van der Waals surface area contributed by atoms with E-state index in [1.54, 1.807) is 11.3 Å². The number of hydrogen-bond donors (Lipinski definition) is 1. The van der Waals surface area contributed by atoms with E-state index in [0.717, 1.165) is 19.0 Å². The van der Waals surface area contributed by atoms with Gasteiger partial charge < -0.3 is 10.6 Å². The van der Waals surface area contributed by atoms with Gasteiger partial charge in [0.05, 0.1) is 18.6 Å². The molecule has 0 amide bonds. The zero-order valence-corrected chi connectivity index (χ0v) is 12.7. The summed E-state index contributed by atoms with van der Waals surface area (Å²) in [6.07, 6.45) is 5.04. The van der Waals surface area contributed by atoms with Crippen LogP contribution in [0.1, 0.15) is 44.4 Å². The molecule has 3 nitrogen and oxygen atoms in total. The van der Waals surface area contributed by atoms with Crippen molar-refractivity contribution in [2.24, 2.45) is 16.1 Å². The monoisotopic (exact) mass is 277 g/mol. The van der Waals surface area contributed by atoms with Gasteiger partial charge in [-0.1, -0.05) is 26.3 Å². The number of nitrogens with two attached hydrogens (primary N) is 1. The van der Waals surface area contributed by atoms with Crippen LogP contribution in [0, 0.1) is 5.41 Å². The molecule has 104 valence electrons. The quantitative estimate of drug-likeness (QED) is 0.902. The third-order valence-electron chi connectivity index (χ3n) is 4.58. The zero-order valence-electron chi connectivity index (χ0n) is 11.9. The molecule has 4 heteroatoms. The van der Waals surface area contributed by atoms with Crippen LogP contribution in [0.2, 0.25) is 0 Å². The van der Waals surface area contributed by atoms with Gasteiger partial charge in [0.25, 0.3) is 0 Å². The predicted octanol–water partition coefficient (Wildman–Crippen LogP) is 3.22. The molecule has 1 aromatic heterocycles. The fourth-order valence-electron chi connectivity index (χ4n) is 3.78. The van der Waals surface area contributed by atoms with Crippen molar-refractivity contribution < 1.29 is 0 Å². The van der Waals surface area contributed by atoms with E-state index >= 15 is 0 Å². The van der Waals surface area contributed by atoms with E-state index in [0.29, 0.717) is 5.41 Å². The van der Waals surface area contributed by atoms with Crippen LogP contribution in [0.25, 0.3) is 0 Å². The number of rotatable bonds is 2. The molecule has 1 aliphatic carbocycles. The number of thiophene rings is 1. The Balaban J connectivity index is 1.84. The Bertz CT molecular complexity index is 478. The molecular formula is C15H23N3S. The molecule has 0 saturated heterocycles. The molecule has 2 aliphatic rings. The van der Waals surface area contributed by atoms with Gasteiger partial charge in [-0.25, -0.2) is 0 Å². The van der Waals surface area contributed by atoms with Gasteiger partial charge in [-0.05, 0) is 36.1 Å². The van der Waals surface area contributed by atoms with Gasteiger partial charge >= 0.3 is 0 Å². The highest BCUT2D eigenvalue weighted by Crippen LogP contribution is 2.46. The average molecular weight is 277 g/mol. The highest BCUT2D eigenvalue weighted by atomic mass is 32.1. The van der Waals surface area contributed by atoms with Crippen LogP contribution in [0.4, 0.5) is 0 Å². The summed E-state index contributed by atoms with van der Waals surface area (Å²) < 4.78 is 0. The van der Waals surface area contributed by atoms with Crippen LogP contribution in [-0.2, 0) is 6.54 Å². The molecule has 1 atom stereocenters. The second-order valence-electron chi connectivity index (χ2n) is 6.76. The van der Waals surface area contributed by atoms with E-state index in [9.17, 15) is 0 Å². The Morgan fingerprint density at radius 2 is 2.26 bits per heavy atom. The first kappa shape index (κ1) is 13.0. The molecule has 19 heavy (non-hydrogen) atoms. The Morgan fingerprint density at radius 1 is 1.42 bits per heavy atom. The van der Waals surface area contributed by atoms with Gasteiger partial charge in [0.2, 0.25) is 0 Å². The highest BCUT2D eigenvalue weighted by molar-refractivity contribution is 7.09. The van der Waals surface area contributed by atoms with Crippen molar-refractivity contribution >= 4 is 17.3 Å². The van der Waals surface area contributed by atoms with Crippen molar-refractivity contribution in [2.75, 3.05) is 6.54 Å². The van der Waals surface area contributed by atoms with Crippen molar-refractivity contribution in [2.45, 2.75) is 51.6 Å². The van der Waals surface area contributed by atoms with E-state index in [2.05, 4.69) is 41.3 Å². The minimum absolute atomic E-state index is 0.176. The summed E-state index contributed by atoms with van der Waals surface area (Å²) in [7, 11) is 0. The summed E-state index contributed by atoms with van der Waals surface area (Å²) in [5, 5.41) is 2.14. The lowest BCUT2D eigenvalue weighted by Gasteiger charge is -2.48. The SMILES string of the molecule is CC1(C)CCCC2(CN=C(N)N2Cc2cccs2)C1. The lowest BCUT2D eigenvalue weighted by Crippen LogP contribution is -2.54. The Kier molecular flexibility index (Phi) is 3.08. The third-order valence-corrected chi connectivity index (χ3v) is 5.44. The van der Waals surface area contributed by atoms with Crippen LogP contribution >= 0.6 is 11.3 Å². The minimum atomic E-state index is 0.176. The first-order chi connectivity index (χ1) is 9.01. The predicted molar refractivity (Wildman–Crippen MR) is 81.3 cm³/mol. The normalized spacial score (nSPS) is 29.8. The lowest BCUT2D eigenvalue weighted by atomic mass is 9.67. The van der Waals surface area contributed by atoms with Crippen molar-refractivity contribution in [1.29, 1.82) is 0 Å². The second kappa shape index (κ2) is 4.51. The Hall–Kier alpha value is -1.03. The zero-order chi connectivity index (χ0) is 13.5. The highest BCUT2D eigenvalue weighted by Gasteiger charge is 2.47. The summed E-state index contributed by atoms with van der Waals surface area (Å²) in [5.41, 5.74) is 6.76. The van der Waals surface area contributed by atoms with Crippen LogP contribution in [0.3, 0.4) is 0 Å². The van der Waals surface area contributed by atoms with E-state index in [4.69, 9.17) is 5.73 Å². The second-order valence-corrected chi connectivity index (χ2v) is 7.79. The topological polar surface area (TPSA) is 41.6 Å². The number of nitrogens with zero attached hydrogens (tertiary/aromatic N) is 2. The van der Waals surface area contributed by atoms with E-state index in [-0.39, 0.29) is 5.54 Å². The maximum atomic E-state index is 6.17. The van der Waals surface area contributed by atoms with Gasteiger partial charge in [0.15, 0.2) is 5.96 Å². The molecule has 1 saturated carbocycles. The van der Waals surface area contributed by atoms with Crippen LogP contribution in [-0.4, -0.2) is 22.9 Å². The molecule has 0 bridgehead atoms. The number of guanidine groups is 1. The number of hydrogen-bond acceptors (Lipinski definition) is 4. The van der Waals surface area contributed by atoms with Crippen molar-refractivity contribution in [3.05, 3.63) is 22.4 Å². The summed E-state index contributed by atoms with van der Waals surface area (Å²) >= 11 is 1.81. The fraction of sp³-hybridized carbons (Fsp3) is 0.667. The van der Waals surface area contributed by atoms with Gasteiger partial charge in [-0.15, -0.1) is 11.3 Å². The molecule has 1 spiro atoms. The molecule has 3 rings (SSSR count). The molecule has 1 fully saturated rings. The van der Waals surface area contributed by atoms with Gasteiger partial charge in [0.1, 0.15) is 0 Å². The summed E-state index contributed by atoms with van der Waals surface area (Å²) in [5.74, 6) is 0.742. The maximum absolute atomic E-state index is 6.17. The molecule has 2 heterocycles. The Labute approximate surface area is 119 Å². The molecule has 1 unspecified atom stereocenters. The van der Waals surface area contributed by atoms with Crippen molar-refractivity contribution in [3.63, 3.8) is 0 Å². The summed E-state index contributed by atoms with van der Waals surface area (Å²) in [6.45, 7) is 6.56. The molecular weight excluding hydrogens is 254 g/mol. The average Bonchev–Trinajstić information content (AvgIpc) is 2.93. The van der Waals surface area contributed by atoms with Crippen LogP contribution < -0.4 is 5.73 Å². The molecule has 1 aromatic rings. The summed E-state index contributed by atoms with van der Waals surface area (Å²) in [6, 6.07) is 4.30. The van der Waals surface area contributed by atoms with E-state index < -0.39 is 0 Å². The Morgan fingerprint density at radius 3 is 2.95 bits per heavy atom. The first-order valence-corrected chi connectivity index (χ1v) is 7.99. The largest absolute Gasteiger partial charge is 0.370 e. The van der Waals surface area contributed by atoms with Crippen molar-refractivity contribution in [3.8, 4) is 0 Å². The summed E-state index contributed by atoms with van der Waals surface area (Å²) in [4.78, 5) is 8.32. The van der Waals surface area contributed by atoms with Gasteiger partial charge in [-0.3, -0.25) is 4.99 Å². The molecule has 2 N–H and O–H groups in total. The van der Waals surface area contributed by atoms with Crippen molar-refractivity contribution in [1.82, 2.24) is 4.90 Å². The van der Waals surface area contributed by atoms with E-state index in [1.165, 1.54) is 30.6 Å². The fourth-order valence-corrected chi connectivity index (χ4v) is 4.47. The van der Waals surface area contributed by atoms with Gasteiger partial charge in [-0.2, -0.15) is 0 Å². The molecule has 1 aliphatic heterocycles. The van der Waals surface area contributed by atoms with Crippen LogP contribution in [0.15, 0.2) is 22.5 Å². The minimum Gasteiger partial charge on any atom is -0.370 e. The van der Waals surface area contributed by atoms with Gasteiger partial charge in [0, 0.05) is 4.88 Å². The van der Waals surface area contributed by atoms with Crippen LogP contribution in [0.5, 0.6) is 0 Å². The maximum Gasteiger partial charge on any atom is 0.192 e.